The summed E-state index contributed by atoms with van der Waals surface area (Å²) in [6, 6.07) is 1.91. The maximum absolute atomic E-state index is 11.4. The molecule has 0 radical (unpaired) electrons. The quantitative estimate of drug-likeness (QED) is 0.587. The van der Waals surface area contributed by atoms with Gasteiger partial charge in [-0.1, -0.05) is 0 Å². The lowest BCUT2D eigenvalue weighted by Crippen LogP contribution is -2.28. The van der Waals surface area contributed by atoms with Gasteiger partial charge in [0.25, 0.3) is 0 Å². The standard InChI is InChI=1S/C11H16O3S/c1-8-9(5-6-14-8)15-7-11(2,3)10(12)13-4/h5-6H,7H2,1-4H3. The molecule has 1 rings (SSSR count). The zero-order valence-corrected chi connectivity index (χ0v) is 10.3. The highest BCUT2D eigenvalue weighted by Crippen LogP contribution is 2.30. The second-order valence-electron chi connectivity index (χ2n) is 4.01. The van der Waals surface area contributed by atoms with Gasteiger partial charge in [0.2, 0.25) is 0 Å². The number of ether oxygens (including phenoxy) is 1. The van der Waals surface area contributed by atoms with Crippen LogP contribution >= 0.6 is 11.8 Å². The fraction of sp³-hybridized carbons (Fsp3) is 0.545. The summed E-state index contributed by atoms with van der Waals surface area (Å²) in [5.74, 6) is 1.39. The molecule has 0 saturated heterocycles. The summed E-state index contributed by atoms with van der Waals surface area (Å²) in [4.78, 5) is 12.5. The predicted octanol–water partition coefficient (Wildman–Crippen LogP) is 2.88. The van der Waals surface area contributed by atoms with Crippen molar-refractivity contribution in [3.63, 3.8) is 0 Å². The second kappa shape index (κ2) is 4.75. The van der Waals surface area contributed by atoms with E-state index in [4.69, 9.17) is 9.15 Å². The molecule has 4 heteroatoms. The molecule has 0 saturated carbocycles. The van der Waals surface area contributed by atoms with Crippen molar-refractivity contribution in [3.05, 3.63) is 18.1 Å². The molecule has 0 aromatic carbocycles. The molecule has 0 spiro atoms. The third-order valence-corrected chi connectivity index (χ3v) is 3.74. The van der Waals surface area contributed by atoms with Gasteiger partial charge in [-0.3, -0.25) is 4.79 Å². The van der Waals surface area contributed by atoms with Gasteiger partial charge in [0.15, 0.2) is 0 Å². The van der Waals surface area contributed by atoms with Crippen LogP contribution in [0.5, 0.6) is 0 Å². The van der Waals surface area contributed by atoms with E-state index in [1.54, 1.807) is 18.0 Å². The molecule has 1 heterocycles. The van der Waals surface area contributed by atoms with Gasteiger partial charge in [-0.25, -0.2) is 0 Å². The van der Waals surface area contributed by atoms with Gasteiger partial charge in [0.05, 0.1) is 18.8 Å². The molecule has 1 aromatic heterocycles. The molecule has 0 aliphatic carbocycles. The van der Waals surface area contributed by atoms with E-state index in [1.165, 1.54) is 7.11 Å². The molecular weight excluding hydrogens is 212 g/mol. The van der Waals surface area contributed by atoms with Crippen LogP contribution in [-0.2, 0) is 9.53 Å². The minimum Gasteiger partial charge on any atom is -0.469 e. The largest absolute Gasteiger partial charge is 0.469 e. The van der Waals surface area contributed by atoms with Gasteiger partial charge in [-0.15, -0.1) is 11.8 Å². The van der Waals surface area contributed by atoms with Gasteiger partial charge < -0.3 is 9.15 Å². The third-order valence-electron chi connectivity index (χ3n) is 2.14. The summed E-state index contributed by atoms with van der Waals surface area (Å²) in [5, 5.41) is 0. The lowest BCUT2D eigenvalue weighted by Gasteiger charge is -2.20. The van der Waals surface area contributed by atoms with Gasteiger partial charge >= 0.3 is 5.97 Å². The Morgan fingerprint density at radius 1 is 1.60 bits per heavy atom. The molecule has 0 amide bonds. The first-order chi connectivity index (χ1) is 6.97. The summed E-state index contributed by atoms with van der Waals surface area (Å²) in [6.45, 7) is 5.66. The molecule has 1 aromatic rings. The Balaban J connectivity index is 2.57. The maximum atomic E-state index is 11.4. The van der Waals surface area contributed by atoms with Gasteiger partial charge in [0, 0.05) is 10.6 Å². The lowest BCUT2D eigenvalue weighted by atomic mass is 9.97. The smallest absolute Gasteiger partial charge is 0.312 e. The number of carbonyl (C=O) groups excluding carboxylic acids is 1. The normalized spacial score (nSPS) is 11.5. The number of aryl methyl sites for hydroxylation is 1. The molecule has 0 aliphatic heterocycles. The Labute approximate surface area is 94.2 Å². The fourth-order valence-corrected chi connectivity index (χ4v) is 2.15. The van der Waals surface area contributed by atoms with Crippen molar-refractivity contribution in [3.8, 4) is 0 Å². The van der Waals surface area contributed by atoms with E-state index >= 15 is 0 Å². The number of carbonyl (C=O) groups is 1. The van der Waals surface area contributed by atoms with Crippen LogP contribution in [0, 0.1) is 12.3 Å². The molecule has 0 unspecified atom stereocenters. The maximum Gasteiger partial charge on any atom is 0.312 e. The monoisotopic (exact) mass is 228 g/mol. The van der Waals surface area contributed by atoms with E-state index in [0.29, 0.717) is 5.75 Å². The van der Waals surface area contributed by atoms with E-state index in [2.05, 4.69) is 0 Å². The Morgan fingerprint density at radius 3 is 2.73 bits per heavy atom. The number of hydrogen-bond donors (Lipinski definition) is 0. The second-order valence-corrected chi connectivity index (χ2v) is 5.02. The summed E-state index contributed by atoms with van der Waals surface area (Å²) >= 11 is 1.61. The molecular formula is C11H16O3S. The minimum absolute atomic E-state index is 0.184. The zero-order chi connectivity index (χ0) is 11.5. The first kappa shape index (κ1) is 12.2. The van der Waals surface area contributed by atoms with Crippen LogP contribution in [0.25, 0.3) is 0 Å². The van der Waals surface area contributed by atoms with Crippen molar-refractivity contribution in [2.75, 3.05) is 12.9 Å². The van der Waals surface area contributed by atoms with Gasteiger partial charge in [-0.05, 0) is 26.8 Å². The SMILES string of the molecule is COC(=O)C(C)(C)CSc1ccoc1C. The number of furan rings is 1. The Bertz CT molecular complexity index is 341. The van der Waals surface area contributed by atoms with Crippen LogP contribution in [0.4, 0.5) is 0 Å². The van der Waals surface area contributed by atoms with Crippen molar-refractivity contribution in [2.45, 2.75) is 25.7 Å². The van der Waals surface area contributed by atoms with Crippen molar-refractivity contribution in [1.29, 1.82) is 0 Å². The van der Waals surface area contributed by atoms with Crippen LogP contribution < -0.4 is 0 Å². The van der Waals surface area contributed by atoms with E-state index < -0.39 is 5.41 Å². The topological polar surface area (TPSA) is 39.4 Å². The van der Waals surface area contributed by atoms with Crippen LogP contribution in [0.15, 0.2) is 21.6 Å². The van der Waals surface area contributed by atoms with Gasteiger partial charge in [0.1, 0.15) is 5.76 Å². The molecule has 0 fully saturated rings. The Kier molecular flexibility index (Phi) is 3.85. The molecule has 0 aliphatic rings. The summed E-state index contributed by atoms with van der Waals surface area (Å²) in [5.41, 5.74) is -0.469. The summed E-state index contributed by atoms with van der Waals surface area (Å²) in [6.07, 6.45) is 1.66. The Morgan fingerprint density at radius 2 is 2.27 bits per heavy atom. The number of methoxy groups -OCH3 is 1. The fourth-order valence-electron chi connectivity index (χ4n) is 1.12. The number of esters is 1. The van der Waals surface area contributed by atoms with Crippen molar-refractivity contribution in [2.24, 2.45) is 5.41 Å². The summed E-state index contributed by atoms with van der Waals surface area (Å²) < 4.78 is 9.92. The molecule has 3 nitrogen and oxygen atoms in total. The van der Waals surface area contributed by atoms with E-state index in [-0.39, 0.29) is 5.97 Å². The molecule has 0 atom stereocenters. The van der Waals surface area contributed by atoms with E-state index in [1.807, 2.05) is 26.8 Å². The number of rotatable bonds is 4. The third kappa shape index (κ3) is 3.02. The highest BCUT2D eigenvalue weighted by molar-refractivity contribution is 7.99. The average molecular weight is 228 g/mol. The van der Waals surface area contributed by atoms with Crippen LogP contribution in [0.3, 0.4) is 0 Å². The first-order valence-corrected chi connectivity index (χ1v) is 5.71. The van der Waals surface area contributed by atoms with Crippen LogP contribution in [0.1, 0.15) is 19.6 Å². The molecule has 84 valence electrons. The van der Waals surface area contributed by atoms with Crippen molar-refractivity contribution >= 4 is 17.7 Å². The highest BCUT2D eigenvalue weighted by atomic mass is 32.2. The van der Waals surface area contributed by atoms with E-state index in [9.17, 15) is 4.79 Å². The average Bonchev–Trinajstić information content (AvgIpc) is 2.60. The van der Waals surface area contributed by atoms with Crippen molar-refractivity contribution < 1.29 is 13.9 Å². The van der Waals surface area contributed by atoms with Gasteiger partial charge in [-0.2, -0.15) is 0 Å². The van der Waals surface area contributed by atoms with Crippen molar-refractivity contribution in [1.82, 2.24) is 0 Å². The lowest BCUT2D eigenvalue weighted by molar-refractivity contribution is -0.149. The zero-order valence-electron chi connectivity index (χ0n) is 9.49. The molecule has 0 N–H and O–H groups in total. The summed E-state index contributed by atoms with van der Waals surface area (Å²) in [7, 11) is 1.41. The van der Waals surface area contributed by atoms with Crippen LogP contribution in [0.2, 0.25) is 0 Å². The number of hydrogen-bond acceptors (Lipinski definition) is 4. The highest BCUT2D eigenvalue weighted by Gasteiger charge is 2.29. The first-order valence-electron chi connectivity index (χ1n) is 4.72. The Hall–Kier alpha value is -0.900. The predicted molar refractivity (Wildman–Crippen MR) is 60.0 cm³/mol. The molecule has 0 bridgehead atoms. The molecule has 15 heavy (non-hydrogen) atoms. The minimum atomic E-state index is -0.469. The van der Waals surface area contributed by atoms with Crippen LogP contribution in [-0.4, -0.2) is 18.8 Å². The number of thioether (sulfide) groups is 1. The van der Waals surface area contributed by atoms with E-state index in [0.717, 1.165) is 10.7 Å².